The van der Waals surface area contributed by atoms with E-state index in [0.29, 0.717) is 0 Å². The van der Waals surface area contributed by atoms with Gasteiger partial charge >= 0.3 is 0 Å². The monoisotopic (exact) mass is 383 g/mol. The van der Waals surface area contributed by atoms with Gasteiger partial charge in [-0.2, -0.15) is 0 Å². The molecule has 0 aliphatic heterocycles. The zero-order chi connectivity index (χ0) is 19.8. The van der Waals surface area contributed by atoms with Crippen molar-refractivity contribution in [3.63, 3.8) is 0 Å². The average Bonchev–Trinajstić information content (AvgIpc) is 3.32. The van der Waals surface area contributed by atoms with Crippen molar-refractivity contribution in [1.29, 1.82) is 0 Å². The quantitative estimate of drug-likeness (QED) is 0.256. The summed E-state index contributed by atoms with van der Waals surface area (Å²) < 4.78 is 2.53. The summed E-state index contributed by atoms with van der Waals surface area (Å²) in [4.78, 5) is 0. The van der Waals surface area contributed by atoms with Gasteiger partial charge in [-0.25, -0.2) is 0 Å². The Balaban J connectivity index is 1.76. The van der Waals surface area contributed by atoms with Crippen LogP contribution in [0.15, 0.2) is 84.9 Å². The van der Waals surface area contributed by atoms with Crippen LogP contribution in [0.2, 0.25) is 0 Å². The van der Waals surface area contributed by atoms with Crippen LogP contribution in [0.5, 0.6) is 0 Å². The molecule has 0 fully saturated rings. The Morgan fingerprint density at radius 2 is 1.30 bits per heavy atom. The number of aryl methyl sites for hydroxylation is 1. The third-order valence-electron chi connectivity index (χ3n) is 6.96. The molecule has 1 heteroatoms. The molecule has 1 aliphatic rings. The Morgan fingerprint density at radius 3 is 2.10 bits per heavy atom. The van der Waals surface area contributed by atoms with Crippen LogP contribution in [-0.4, -0.2) is 4.57 Å². The highest BCUT2D eigenvalue weighted by molar-refractivity contribution is 6.32. The number of benzene rings is 5. The van der Waals surface area contributed by atoms with Gasteiger partial charge in [0, 0.05) is 28.2 Å². The first-order valence-electron chi connectivity index (χ1n) is 10.8. The molecule has 0 spiro atoms. The van der Waals surface area contributed by atoms with E-state index in [0.717, 1.165) is 13.0 Å². The minimum Gasteiger partial charge on any atom is -0.340 e. The van der Waals surface area contributed by atoms with Crippen molar-refractivity contribution in [3.05, 3.63) is 96.1 Å². The Morgan fingerprint density at radius 1 is 0.633 bits per heavy atom. The number of rotatable bonds is 1. The smallest absolute Gasteiger partial charge is 0.0577 e. The van der Waals surface area contributed by atoms with E-state index in [9.17, 15) is 0 Å². The van der Waals surface area contributed by atoms with Crippen LogP contribution in [0.4, 0.5) is 0 Å². The molecule has 0 amide bonds. The maximum atomic E-state index is 2.53. The van der Waals surface area contributed by atoms with Gasteiger partial charge in [0.1, 0.15) is 0 Å². The summed E-state index contributed by atoms with van der Waals surface area (Å²) in [5.74, 6) is 0. The second kappa shape index (κ2) is 5.73. The van der Waals surface area contributed by atoms with Crippen molar-refractivity contribution in [2.75, 3.05) is 0 Å². The number of nitrogens with zero attached hydrogens (tertiary/aromatic N) is 1. The van der Waals surface area contributed by atoms with Crippen molar-refractivity contribution < 1.29 is 0 Å². The highest BCUT2D eigenvalue weighted by Crippen LogP contribution is 2.45. The summed E-state index contributed by atoms with van der Waals surface area (Å²) in [5, 5.41) is 8.17. The first-order valence-corrected chi connectivity index (χ1v) is 10.8. The van der Waals surface area contributed by atoms with Crippen LogP contribution in [0.1, 0.15) is 18.1 Å². The summed E-state index contributed by atoms with van der Waals surface area (Å²) in [7, 11) is 0. The molecule has 0 saturated heterocycles. The molecule has 5 aromatic carbocycles. The minimum atomic E-state index is 0.966. The maximum absolute atomic E-state index is 2.53. The first-order chi connectivity index (χ1) is 14.8. The Bertz CT molecular complexity index is 1650. The lowest BCUT2D eigenvalue weighted by Crippen LogP contribution is -1.95. The van der Waals surface area contributed by atoms with Crippen LogP contribution in [-0.2, 0) is 13.0 Å². The van der Waals surface area contributed by atoms with Crippen molar-refractivity contribution >= 4 is 43.4 Å². The minimum absolute atomic E-state index is 0.966. The van der Waals surface area contributed by atoms with Crippen molar-refractivity contribution in [3.8, 4) is 11.1 Å². The van der Waals surface area contributed by atoms with Gasteiger partial charge in [-0.15, -0.1) is 0 Å². The van der Waals surface area contributed by atoms with Gasteiger partial charge in [0.05, 0.1) is 5.52 Å². The van der Waals surface area contributed by atoms with Gasteiger partial charge in [0.25, 0.3) is 0 Å². The molecule has 0 N–H and O–H groups in total. The molecule has 1 heterocycles. The standard InChI is InChI=1S/C29H21N/c1-2-30-27-16-19-15-18-9-3-4-10-20(18)25(19)17-26(27)28-23-13-7-5-11-21(23)22-12-6-8-14-24(22)29(28)30/h3-14,16-17H,2,15H2,1H3. The highest BCUT2D eigenvalue weighted by Gasteiger charge is 2.23. The van der Waals surface area contributed by atoms with E-state index in [4.69, 9.17) is 0 Å². The molecule has 1 aliphatic carbocycles. The molecule has 0 bridgehead atoms. The summed E-state index contributed by atoms with van der Waals surface area (Å²) in [6.07, 6.45) is 1.04. The van der Waals surface area contributed by atoms with E-state index in [1.807, 2.05) is 0 Å². The molecule has 0 unspecified atom stereocenters. The lowest BCUT2D eigenvalue weighted by molar-refractivity contribution is 0.829. The second-order valence-corrected chi connectivity index (χ2v) is 8.42. The Kier molecular flexibility index (Phi) is 3.10. The molecule has 30 heavy (non-hydrogen) atoms. The Hall–Kier alpha value is -3.58. The summed E-state index contributed by atoms with van der Waals surface area (Å²) in [6.45, 7) is 3.24. The molecular weight excluding hydrogens is 362 g/mol. The topological polar surface area (TPSA) is 4.93 Å². The zero-order valence-corrected chi connectivity index (χ0v) is 16.9. The van der Waals surface area contributed by atoms with Crippen LogP contribution >= 0.6 is 0 Å². The van der Waals surface area contributed by atoms with E-state index in [-0.39, 0.29) is 0 Å². The van der Waals surface area contributed by atoms with Gasteiger partial charge in [0.15, 0.2) is 0 Å². The second-order valence-electron chi connectivity index (χ2n) is 8.42. The van der Waals surface area contributed by atoms with Crippen LogP contribution in [0.25, 0.3) is 54.5 Å². The fourth-order valence-corrected chi connectivity index (χ4v) is 5.72. The first kappa shape index (κ1) is 16.2. The fraction of sp³-hybridized carbons (Fsp3) is 0.103. The van der Waals surface area contributed by atoms with Crippen molar-refractivity contribution in [1.82, 2.24) is 4.57 Å². The molecule has 0 saturated carbocycles. The van der Waals surface area contributed by atoms with E-state index < -0.39 is 0 Å². The molecular formula is C29H21N. The fourth-order valence-electron chi connectivity index (χ4n) is 5.72. The lowest BCUT2D eigenvalue weighted by Gasteiger charge is -2.10. The largest absolute Gasteiger partial charge is 0.340 e. The molecule has 0 atom stereocenters. The highest BCUT2D eigenvalue weighted by atomic mass is 15.0. The van der Waals surface area contributed by atoms with Crippen molar-refractivity contribution in [2.45, 2.75) is 19.9 Å². The maximum Gasteiger partial charge on any atom is 0.0577 e. The van der Waals surface area contributed by atoms with Gasteiger partial charge in [0.2, 0.25) is 0 Å². The summed E-state index contributed by atoms with van der Waals surface area (Å²) in [6, 6.07) is 31.6. The predicted octanol–water partition coefficient (Wildman–Crippen LogP) is 7.69. The third-order valence-corrected chi connectivity index (χ3v) is 6.96. The van der Waals surface area contributed by atoms with Crippen LogP contribution in [0, 0.1) is 0 Å². The van der Waals surface area contributed by atoms with E-state index in [2.05, 4.69) is 96.4 Å². The van der Waals surface area contributed by atoms with Gasteiger partial charge in [-0.3, -0.25) is 0 Å². The van der Waals surface area contributed by atoms with E-state index in [1.165, 1.54) is 65.6 Å². The van der Waals surface area contributed by atoms with Crippen LogP contribution < -0.4 is 0 Å². The number of fused-ring (bicyclic) bond motifs is 11. The molecule has 0 radical (unpaired) electrons. The molecule has 1 aromatic heterocycles. The third kappa shape index (κ3) is 1.92. The number of aromatic nitrogens is 1. The number of hydrogen-bond donors (Lipinski definition) is 0. The molecule has 6 aromatic rings. The molecule has 7 rings (SSSR count). The summed E-state index contributed by atoms with van der Waals surface area (Å²) >= 11 is 0. The molecule has 142 valence electrons. The molecule has 1 nitrogen and oxygen atoms in total. The lowest BCUT2D eigenvalue weighted by atomic mass is 9.95. The summed E-state index contributed by atoms with van der Waals surface area (Å²) in [5.41, 5.74) is 8.44. The zero-order valence-electron chi connectivity index (χ0n) is 16.9. The van der Waals surface area contributed by atoms with E-state index >= 15 is 0 Å². The van der Waals surface area contributed by atoms with Crippen LogP contribution in [0.3, 0.4) is 0 Å². The number of hydrogen-bond acceptors (Lipinski definition) is 0. The average molecular weight is 383 g/mol. The van der Waals surface area contributed by atoms with E-state index in [1.54, 1.807) is 0 Å². The van der Waals surface area contributed by atoms with Gasteiger partial charge < -0.3 is 4.57 Å². The van der Waals surface area contributed by atoms with Gasteiger partial charge in [-0.05, 0) is 63.9 Å². The van der Waals surface area contributed by atoms with Gasteiger partial charge in [-0.1, -0.05) is 72.8 Å². The SMILES string of the molecule is CCn1c2cc3c(cc2c2c4ccccc4c4ccccc4c21)-c1ccccc1C3. The predicted molar refractivity (Wildman–Crippen MR) is 128 cm³/mol. The normalized spacial score (nSPS) is 12.8. The van der Waals surface area contributed by atoms with Crippen molar-refractivity contribution in [2.24, 2.45) is 0 Å². The Labute approximate surface area is 175 Å².